The lowest BCUT2D eigenvalue weighted by Crippen LogP contribution is -2.37. The Balaban J connectivity index is 2.00. The lowest BCUT2D eigenvalue weighted by atomic mass is 10.1. The first-order valence-electron chi connectivity index (χ1n) is 6.33. The van der Waals surface area contributed by atoms with Crippen LogP contribution in [-0.2, 0) is 9.59 Å². The van der Waals surface area contributed by atoms with E-state index in [2.05, 4.69) is 0 Å². The summed E-state index contributed by atoms with van der Waals surface area (Å²) in [5, 5.41) is 8.60. The van der Waals surface area contributed by atoms with Crippen molar-refractivity contribution in [3.05, 3.63) is 35.4 Å². The molecule has 1 aliphatic heterocycles. The van der Waals surface area contributed by atoms with Crippen LogP contribution >= 0.6 is 0 Å². The zero-order chi connectivity index (χ0) is 15.6. The second kappa shape index (κ2) is 5.74. The summed E-state index contributed by atoms with van der Waals surface area (Å²) < 4.78 is 0. The highest BCUT2D eigenvalue weighted by molar-refractivity contribution is 6.21. The molecule has 7 heteroatoms. The van der Waals surface area contributed by atoms with E-state index in [1.807, 2.05) is 0 Å². The molecule has 1 heterocycles. The van der Waals surface area contributed by atoms with Gasteiger partial charge in [0.2, 0.25) is 5.91 Å². The van der Waals surface area contributed by atoms with Crippen LogP contribution in [0.25, 0.3) is 0 Å². The molecule has 0 atom stereocenters. The Morgan fingerprint density at radius 1 is 1.14 bits per heavy atom. The van der Waals surface area contributed by atoms with Crippen molar-refractivity contribution >= 4 is 23.7 Å². The summed E-state index contributed by atoms with van der Waals surface area (Å²) in [5.41, 5.74) is 0.655. The van der Waals surface area contributed by atoms with Crippen LogP contribution in [0.5, 0.6) is 0 Å². The van der Waals surface area contributed by atoms with Crippen LogP contribution in [0.2, 0.25) is 0 Å². The van der Waals surface area contributed by atoms with Crippen molar-refractivity contribution in [1.82, 2.24) is 9.80 Å². The Morgan fingerprint density at radius 2 is 1.67 bits per heavy atom. The van der Waals surface area contributed by atoms with Gasteiger partial charge in [-0.3, -0.25) is 24.1 Å². The van der Waals surface area contributed by atoms with Crippen LogP contribution < -0.4 is 0 Å². The normalized spacial score (nSPS) is 13.3. The van der Waals surface area contributed by atoms with E-state index in [9.17, 15) is 19.2 Å². The van der Waals surface area contributed by atoms with Crippen molar-refractivity contribution in [3.8, 4) is 0 Å². The molecule has 0 bridgehead atoms. The fraction of sp³-hybridized carbons (Fsp3) is 0.286. The summed E-state index contributed by atoms with van der Waals surface area (Å²) in [6, 6.07) is 6.46. The molecule has 0 saturated carbocycles. The molecule has 0 aliphatic carbocycles. The van der Waals surface area contributed by atoms with E-state index >= 15 is 0 Å². The molecule has 2 rings (SSSR count). The van der Waals surface area contributed by atoms with Gasteiger partial charge in [-0.2, -0.15) is 0 Å². The minimum absolute atomic E-state index is 0.0604. The smallest absolute Gasteiger partial charge is 0.323 e. The average molecular weight is 290 g/mol. The molecule has 0 unspecified atom stereocenters. The summed E-state index contributed by atoms with van der Waals surface area (Å²) in [7, 11) is 1.36. The third kappa shape index (κ3) is 2.91. The third-order valence-corrected chi connectivity index (χ3v) is 3.23. The zero-order valence-electron chi connectivity index (χ0n) is 11.4. The molecule has 21 heavy (non-hydrogen) atoms. The molecule has 1 aromatic carbocycles. The molecule has 0 aromatic heterocycles. The Kier molecular flexibility index (Phi) is 4.02. The van der Waals surface area contributed by atoms with E-state index in [0.717, 1.165) is 9.80 Å². The first-order valence-corrected chi connectivity index (χ1v) is 6.33. The number of carbonyl (C=O) groups is 4. The second-order valence-electron chi connectivity index (χ2n) is 4.70. The summed E-state index contributed by atoms with van der Waals surface area (Å²) >= 11 is 0. The van der Waals surface area contributed by atoms with Gasteiger partial charge < -0.3 is 10.0 Å². The standard InChI is InChI=1S/C14H14N2O5/c1-15(8-12(18)19)11(17)6-7-16-13(20)9-4-2-3-5-10(9)14(16)21/h2-5H,6-8H2,1H3,(H,18,19). The summed E-state index contributed by atoms with van der Waals surface area (Å²) in [5.74, 6) is -2.41. The van der Waals surface area contributed by atoms with Crippen LogP contribution in [-0.4, -0.2) is 58.7 Å². The number of fused-ring (bicyclic) bond motifs is 1. The minimum atomic E-state index is -1.12. The molecule has 0 saturated heterocycles. The van der Waals surface area contributed by atoms with Crippen LogP contribution in [0.1, 0.15) is 27.1 Å². The monoisotopic (exact) mass is 290 g/mol. The van der Waals surface area contributed by atoms with Gasteiger partial charge >= 0.3 is 5.97 Å². The number of likely N-dealkylation sites (N-methyl/N-ethyl adjacent to an activating group) is 1. The fourth-order valence-corrected chi connectivity index (χ4v) is 2.13. The Morgan fingerprint density at radius 3 is 2.14 bits per heavy atom. The number of benzene rings is 1. The van der Waals surface area contributed by atoms with Gasteiger partial charge in [0.15, 0.2) is 0 Å². The van der Waals surface area contributed by atoms with Gasteiger partial charge in [-0.15, -0.1) is 0 Å². The number of rotatable bonds is 5. The van der Waals surface area contributed by atoms with E-state index in [-0.39, 0.29) is 13.0 Å². The van der Waals surface area contributed by atoms with Crippen LogP contribution in [0.4, 0.5) is 0 Å². The third-order valence-electron chi connectivity index (χ3n) is 3.23. The van der Waals surface area contributed by atoms with Crippen molar-refractivity contribution in [2.24, 2.45) is 0 Å². The maximum Gasteiger partial charge on any atom is 0.323 e. The average Bonchev–Trinajstić information content (AvgIpc) is 2.68. The number of amides is 3. The predicted octanol–water partition coefficient (Wildman–Crippen LogP) is 0.216. The van der Waals surface area contributed by atoms with Gasteiger partial charge in [-0.05, 0) is 12.1 Å². The van der Waals surface area contributed by atoms with E-state index in [1.165, 1.54) is 7.05 Å². The Labute approximate surface area is 120 Å². The summed E-state index contributed by atoms with van der Waals surface area (Å²) in [4.78, 5) is 48.4. The maximum atomic E-state index is 12.1. The van der Waals surface area contributed by atoms with E-state index in [4.69, 9.17) is 5.11 Å². The molecular weight excluding hydrogens is 276 g/mol. The molecule has 1 aliphatic rings. The Hall–Kier alpha value is -2.70. The number of imide groups is 1. The number of carboxylic acids is 1. The largest absolute Gasteiger partial charge is 0.480 e. The molecule has 110 valence electrons. The number of aliphatic carboxylic acids is 1. The lowest BCUT2D eigenvalue weighted by Gasteiger charge is -2.17. The van der Waals surface area contributed by atoms with Crippen molar-refractivity contribution in [3.63, 3.8) is 0 Å². The number of nitrogens with zero attached hydrogens (tertiary/aromatic N) is 2. The highest BCUT2D eigenvalue weighted by Crippen LogP contribution is 2.22. The molecule has 1 N–H and O–H groups in total. The Bertz CT molecular complexity index is 591. The number of carbonyl (C=O) groups excluding carboxylic acids is 3. The highest BCUT2D eigenvalue weighted by atomic mass is 16.4. The molecule has 0 spiro atoms. The molecule has 0 radical (unpaired) electrons. The number of hydrogen-bond acceptors (Lipinski definition) is 4. The van der Waals surface area contributed by atoms with Gasteiger partial charge in [-0.25, -0.2) is 0 Å². The first-order chi connectivity index (χ1) is 9.91. The van der Waals surface area contributed by atoms with Gasteiger partial charge in [0.05, 0.1) is 11.1 Å². The van der Waals surface area contributed by atoms with Crippen molar-refractivity contribution in [1.29, 1.82) is 0 Å². The zero-order valence-corrected chi connectivity index (χ0v) is 11.4. The van der Waals surface area contributed by atoms with Gasteiger partial charge in [0.25, 0.3) is 11.8 Å². The summed E-state index contributed by atoms with van der Waals surface area (Å²) in [6.07, 6.45) is -0.102. The fourth-order valence-electron chi connectivity index (χ4n) is 2.13. The number of hydrogen-bond donors (Lipinski definition) is 1. The number of carboxylic acid groups (broad SMARTS) is 1. The van der Waals surface area contributed by atoms with Gasteiger partial charge in [-0.1, -0.05) is 12.1 Å². The van der Waals surface area contributed by atoms with Crippen molar-refractivity contribution < 1.29 is 24.3 Å². The lowest BCUT2D eigenvalue weighted by molar-refractivity contribution is -0.143. The van der Waals surface area contributed by atoms with Crippen molar-refractivity contribution in [2.45, 2.75) is 6.42 Å². The predicted molar refractivity (Wildman–Crippen MR) is 71.7 cm³/mol. The molecular formula is C14H14N2O5. The molecule has 3 amide bonds. The SMILES string of the molecule is CN(CC(=O)O)C(=O)CCN1C(=O)c2ccccc2C1=O. The topological polar surface area (TPSA) is 95.0 Å². The first kappa shape index (κ1) is 14.7. The van der Waals surface area contributed by atoms with Gasteiger partial charge in [0.1, 0.15) is 6.54 Å². The minimum Gasteiger partial charge on any atom is -0.480 e. The highest BCUT2D eigenvalue weighted by Gasteiger charge is 2.35. The quantitative estimate of drug-likeness (QED) is 0.782. The molecule has 0 fully saturated rings. The van der Waals surface area contributed by atoms with E-state index in [0.29, 0.717) is 11.1 Å². The van der Waals surface area contributed by atoms with E-state index < -0.39 is 30.2 Å². The van der Waals surface area contributed by atoms with E-state index in [1.54, 1.807) is 24.3 Å². The van der Waals surface area contributed by atoms with Crippen LogP contribution in [0.15, 0.2) is 24.3 Å². The maximum absolute atomic E-state index is 12.1. The second-order valence-corrected chi connectivity index (χ2v) is 4.70. The summed E-state index contributed by atoms with van der Waals surface area (Å²) in [6.45, 7) is -0.476. The van der Waals surface area contributed by atoms with Gasteiger partial charge in [0, 0.05) is 20.0 Å². The molecule has 7 nitrogen and oxygen atoms in total. The van der Waals surface area contributed by atoms with Crippen LogP contribution in [0.3, 0.4) is 0 Å². The molecule has 1 aromatic rings. The van der Waals surface area contributed by atoms with Crippen LogP contribution in [0, 0.1) is 0 Å². The van der Waals surface area contributed by atoms with Crippen molar-refractivity contribution in [2.75, 3.05) is 20.1 Å².